The zero-order valence-corrected chi connectivity index (χ0v) is 10.8. The molecule has 2 rings (SSSR count). The maximum absolute atomic E-state index is 10.5. The maximum Gasteiger partial charge on any atom is 0.289 e. The van der Waals surface area contributed by atoms with Gasteiger partial charge in [-0.05, 0) is 5.56 Å². The van der Waals surface area contributed by atoms with Gasteiger partial charge in [-0.25, -0.2) is 4.98 Å². The van der Waals surface area contributed by atoms with Crippen LogP contribution in [0.1, 0.15) is 5.56 Å². The van der Waals surface area contributed by atoms with Crippen LogP contribution in [-0.2, 0) is 5.75 Å². The first-order chi connectivity index (χ1) is 8.66. The predicted octanol–water partition coefficient (Wildman–Crippen LogP) is 3.94. The predicted molar refractivity (Wildman–Crippen MR) is 71.9 cm³/mol. The second-order valence-electron chi connectivity index (χ2n) is 3.51. The molecule has 0 aliphatic carbocycles. The summed E-state index contributed by atoms with van der Waals surface area (Å²) in [4.78, 5) is 14.0. The van der Waals surface area contributed by atoms with Crippen molar-refractivity contribution in [2.75, 3.05) is 0 Å². The van der Waals surface area contributed by atoms with Gasteiger partial charge in [0.05, 0.1) is 9.95 Å². The van der Waals surface area contributed by atoms with Gasteiger partial charge < -0.3 is 0 Å². The zero-order chi connectivity index (χ0) is 13.0. The second-order valence-corrected chi connectivity index (χ2v) is 4.88. The highest BCUT2D eigenvalue weighted by Gasteiger charge is 2.11. The Morgan fingerprint density at radius 1 is 1.33 bits per heavy atom. The number of thioether (sulfide) groups is 1. The summed E-state index contributed by atoms with van der Waals surface area (Å²) in [5, 5.41) is 11.5. The Morgan fingerprint density at radius 2 is 2.06 bits per heavy atom. The van der Waals surface area contributed by atoms with Gasteiger partial charge in [-0.2, -0.15) is 0 Å². The minimum atomic E-state index is -0.509. The van der Waals surface area contributed by atoms with E-state index in [1.165, 1.54) is 24.0 Å². The summed E-state index contributed by atoms with van der Waals surface area (Å²) in [5.74, 6) is 0.728. The smallest absolute Gasteiger partial charge is 0.258 e. The molecule has 0 aliphatic heterocycles. The van der Waals surface area contributed by atoms with Crippen LogP contribution in [0, 0.1) is 10.1 Å². The molecule has 0 amide bonds. The van der Waals surface area contributed by atoms with E-state index in [1.807, 2.05) is 30.3 Å². The lowest BCUT2D eigenvalue weighted by Gasteiger charge is -2.03. The molecule has 92 valence electrons. The molecule has 0 bridgehead atoms. The van der Waals surface area contributed by atoms with Crippen molar-refractivity contribution in [2.24, 2.45) is 0 Å². The number of aromatic nitrogens is 1. The molecular formula is C12H9ClN2O2S. The monoisotopic (exact) mass is 280 g/mol. The Bertz CT molecular complexity index is 563. The molecule has 2 aromatic rings. The molecule has 1 aromatic heterocycles. The van der Waals surface area contributed by atoms with Gasteiger partial charge in [0, 0.05) is 11.8 Å². The minimum Gasteiger partial charge on any atom is -0.258 e. The molecule has 4 nitrogen and oxygen atoms in total. The number of halogens is 1. The standard InChI is InChI=1S/C12H9ClN2O2S/c13-11-6-10(15(16)17)7-14-12(11)18-8-9-4-2-1-3-5-9/h1-7H,8H2. The lowest BCUT2D eigenvalue weighted by atomic mass is 10.2. The van der Waals surface area contributed by atoms with Crippen molar-refractivity contribution in [2.45, 2.75) is 10.8 Å². The van der Waals surface area contributed by atoms with Crippen LogP contribution in [0.15, 0.2) is 47.6 Å². The van der Waals surface area contributed by atoms with E-state index in [2.05, 4.69) is 4.98 Å². The Kier molecular flexibility index (Phi) is 4.17. The van der Waals surface area contributed by atoms with Gasteiger partial charge in [-0.1, -0.05) is 41.9 Å². The molecule has 1 aromatic carbocycles. The summed E-state index contributed by atoms with van der Waals surface area (Å²) in [6.45, 7) is 0. The van der Waals surface area contributed by atoms with Gasteiger partial charge >= 0.3 is 0 Å². The summed E-state index contributed by atoms with van der Waals surface area (Å²) in [6, 6.07) is 11.2. The highest BCUT2D eigenvalue weighted by molar-refractivity contribution is 7.98. The molecule has 6 heteroatoms. The van der Waals surface area contributed by atoms with Crippen molar-refractivity contribution in [3.63, 3.8) is 0 Å². The van der Waals surface area contributed by atoms with Gasteiger partial charge in [-0.15, -0.1) is 11.8 Å². The quantitative estimate of drug-likeness (QED) is 0.484. The Labute approximate surface area is 113 Å². The molecule has 0 radical (unpaired) electrons. The Balaban J connectivity index is 2.08. The number of rotatable bonds is 4. The van der Waals surface area contributed by atoms with Crippen molar-refractivity contribution in [1.82, 2.24) is 4.98 Å². The molecule has 0 saturated heterocycles. The number of pyridine rings is 1. The first-order valence-corrected chi connectivity index (χ1v) is 6.50. The average molecular weight is 281 g/mol. The van der Waals surface area contributed by atoms with Crippen molar-refractivity contribution < 1.29 is 4.92 Å². The van der Waals surface area contributed by atoms with E-state index in [1.54, 1.807) is 0 Å². The fourth-order valence-corrected chi connectivity index (χ4v) is 2.49. The third kappa shape index (κ3) is 3.21. The van der Waals surface area contributed by atoms with Crippen molar-refractivity contribution in [3.05, 3.63) is 63.3 Å². The molecule has 1 heterocycles. The van der Waals surface area contributed by atoms with Crippen LogP contribution >= 0.6 is 23.4 Å². The zero-order valence-electron chi connectivity index (χ0n) is 9.25. The number of nitro groups is 1. The Hall–Kier alpha value is -1.59. The topological polar surface area (TPSA) is 56.0 Å². The van der Waals surface area contributed by atoms with Crippen LogP contribution in [0.5, 0.6) is 0 Å². The summed E-state index contributed by atoms with van der Waals surface area (Å²) >= 11 is 7.41. The average Bonchev–Trinajstić information content (AvgIpc) is 2.38. The van der Waals surface area contributed by atoms with E-state index >= 15 is 0 Å². The van der Waals surface area contributed by atoms with Crippen molar-refractivity contribution >= 4 is 29.1 Å². The number of benzene rings is 1. The fraction of sp³-hybridized carbons (Fsp3) is 0.0833. The third-order valence-corrected chi connectivity index (χ3v) is 3.70. The maximum atomic E-state index is 10.5. The molecule has 0 saturated carbocycles. The fourth-order valence-electron chi connectivity index (χ4n) is 1.35. The van der Waals surface area contributed by atoms with E-state index in [-0.39, 0.29) is 5.69 Å². The molecule has 18 heavy (non-hydrogen) atoms. The summed E-state index contributed by atoms with van der Waals surface area (Å²) in [6.07, 6.45) is 1.22. The molecule has 0 N–H and O–H groups in total. The van der Waals surface area contributed by atoms with Crippen LogP contribution < -0.4 is 0 Å². The largest absolute Gasteiger partial charge is 0.289 e. The van der Waals surface area contributed by atoms with E-state index in [0.717, 1.165) is 11.3 Å². The Morgan fingerprint density at radius 3 is 2.67 bits per heavy atom. The molecule has 0 spiro atoms. The number of hydrogen-bond acceptors (Lipinski definition) is 4. The normalized spacial score (nSPS) is 10.3. The summed E-state index contributed by atoms with van der Waals surface area (Å²) in [5.41, 5.74) is 1.06. The minimum absolute atomic E-state index is 0.0935. The summed E-state index contributed by atoms with van der Waals surface area (Å²) < 4.78 is 0. The first-order valence-electron chi connectivity index (χ1n) is 5.13. The number of nitrogens with zero attached hydrogens (tertiary/aromatic N) is 2. The van der Waals surface area contributed by atoms with Gasteiger partial charge in [-0.3, -0.25) is 10.1 Å². The van der Waals surface area contributed by atoms with Gasteiger partial charge in [0.2, 0.25) is 0 Å². The van der Waals surface area contributed by atoms with Gasteiger partial charge in [0.25, 0.3) is 5.69 Å². The van der Waals surface area contributed by atoms with Crippen LogP contribution in [0.3, 0.4) is 0 Å². The van der Waals surface area contributed by atoms with E-state index < -0.39 is 4.92 Å². The highest BCUT2D eigenvalue weighted by atomic mass is 35.5. The lowest BCUT2D eigenvalue weighted by Crippen LogP contribution is -1.91. The molecule has 0 aliphatic rings. The molecule has 0 atom stereocenters. The SMILES string of the molecule is O=[N+]([O-])c1cnc(SCc2ccccc2)c(Cl)c1. The van der Waals surface area contributed by atoms with Crippen molar-refractivity contribution in [3.8, 4) is 0 Å². The molecule has 0 unspecified atom stereocenters. The highest BCUT2D eigenvalue weighted by Crippen LogP contribution is 2.29. The van der Waals surface area contributed by atoms with Crippen LogP contribution in [-0.4, -0.2) is 9.91 Å². The first kappa shape index (κ1) is 12.9. The summed E-state index contributed by atoms with van der Waals surface area (Å²) in [7, 11) is 0. The second kappa shape index (κ2) is 5.84. The lowest BCUT2D eigenvalue weighted by molar-refractivity contribution is -0.385. The van der Waals surface area contributed by atoms with E-state index in [9.17, 15) is 10.1 Å². The van der Waals surface area contributed by atoms with E-state index in [0.29, 0.717) is 10.0 Å². The van der Waals surface area contributed by atoms with E-state index in [4.69, 9.17) is 11.6 Å². The van der Waals surface area contributed by atoms with Gasteiger partial charge in [0.15, 0.2) is 0 Å². The molecule has 0 fully saturated rings. The van der Waals surface area contributed by atoms with Gasteiger partial charge in [0.1, 0.15) is 11.2 Å². The molecular weight excluding hydrogens is 272 g/mol. The van der Waals surface area contributed by atoms with Crippen LogP contribution in [0.2, 0.25) is 5.02 Å². The van der Waals surface area contributed by atoms with Crippen LogP contribution in [0.25, 0.3) is 0 Å². The third-order valence-electron chi connectivity index (χ3n) is 2.22. The van der Waals surface area contributed by atoms with Crippen LogP contribution in [0.4, 0.5) is 5.69 Å². The number of hydrogen-bond donors (Lipinski definition) is 0. The van der Waals surface area contributed by atoms with Crippen molar-refractivity contribution in [1.29, 1.82) is 0 Å².